The Balaban J connectivity index is 3.42. The van der Waals surface area contributed by atoms with E-state index in [1.165, 1.54) is 12.1 Å². The van der Waals surface area contributed by atoms with Crippen molar-refractivity contribution in [2.24, 2.45) is 0 Å². The highest BCUT2D eigenvalue weighted by Gasteiger charge is 2.13. The monoisotopic (exact) mass is 233 g/mol. The number of nitrogens with zero attached hydrogens (tertiary/aromatic N) is 1. The molecule has 13 heavy (non-hydrogen) atoms. The summed E-state index contributed by atoms with van der Waals surface area (Å²) < 4.78 is 0. The Morgan fingerprint density at radius 1 is 1.31 bits per heavy atom. The highest BCUT2D eigenvalue weighted by Crippen LogP contribution is 2.27. The molecule has 0 fully saturated rings. The Labute approximate surface area is 89.6 Å². The molecule has 1 rings (SSSR count). The lowest BCUT2D eigenvalue weighted by molar-refractivity contribution is 0.108. The lowest BCUT2D eigenvalue weighted by Gasteiger charge is -2.01. The van der Waals surface area contributed by atoms with Gasteiger partial charge in [-0.3, -0.25) is 4.79 Å². The van der Waals surface area contributed by atoms with Crippen molar-refractivity contribution in [2.45, 2.75) is 0 Å². The molecule has 0 N–H and O–H groups in total. The van der Waals surface area contributed by atoms with Crippen LogP contribution in [0.4, 0.5) is 0 Å². The van der Waals surface area contributed by atoms with Gasteiger partial charge < -0.3 is 0 Å². The van der Waals surface area contributed by atoms with Crippen LogP contribution >= 0.6 is 34.8 Å². The summed E-state index contributed by atoms with van der Waals surface area (Å²) in [5.74, 6) is 0. The largest absolute Gasteiger partial charge is 0.275 e. The zero-order chi connectivity index (χ0) is 10.0. The van der Waals surface area contributed by atoms with E-state index < -0.39 is 5.24 Å². The molecule has 0 aliphatic heterocycles. The Morgan fingerprint density at radius 2 is 1.77 bits per heavy atom. The molecule has 0 saturated carbocycles. The van der Waals surface area contributed by atoms with Gasteiger partial charge in [0, 0.05) is 0 Å². The minimum atomic E-state index is -0.737. The summed E-state index contributed by atoms with van der Waals surface area (Å²) in [6.07, 6.45) is 0. The number of rotatable bonds is 1. The maximum absolute atomic E-state index is 10.8. The Hall–Kier alpha value is -0.750. The van der Waals surface area contributed by atoms with Crippen molar-refractivity contribution in [2.75, 3.05) is 0 Å². The fourth-order valence-corrected chi connectivity index (χ4v) is 1.78. The fourth-order valence-electron chi connectivity index (χ4n) is 0.825. The molecular formula is C8H2Cl3NO. The molecule has 0 saturated heterocycles. The molecule has 1 aromatic rings. The quantitative estimate of drug-likeness (QED) is 0.700. The minimum Gasteiger partial charge on any atom is -0.275 e. The number of carbonyl (C=O) groups excluding carboxylic acids is 1. The van der Waals surface area contributed by atoms with Gasteiger partial charge in [0.05, 0.1) is 27.2 Å². The van der Waals surface area contributed by atoms with Gasteiger partial charge in [-0.15, -0.1) is 0 Å². The van der Waals surface area contributed by atoms with Crippen LogP contribution in [0.5, 0.6) is 0 Å². The van der Waals surface area contributed by atoms with E-state index in [-0.39, 0.29) is 21.2 Å². The first-order valence-electron chi connectivity index (χ1n) is 3.15. The van der Waals surface area contributed by atoms with Crippen LogP contribution in [0, 0.1) is 11.3 Å². The number of benzene rings is 1. The standard InChI is InChI=1S/C8H2Cl3NO/c9-5-1-4(3-12)2-6(10)7(5)8(11)13/h1-2H. The molecule has 0 atom stereocenters. The number of hydrogen-bond donors (Lipinski definition) is 0. The summed E-state index contributed by atoms with van der Waals surface area (Å²) in [4.78, 5) is 10.8. The lowest BCUT2D eigenvalue weighted by Crippen LogP contribution is -1.93. The molecule has 0 radical (unpaired) electrons. The van der Waals surface area contributed by atoms with E-state index in [4.69, 9.17) is 40.1 Å². The molecule has 0 heterocycles. The van der Waals surface area contributed by atoms with Crippen LogP contribution in [-0.2, 0) is 0 Å². The van der Waals surface area contributed by atoms with Gasteiger partial charge in [0.15, 0.2) is 0 Å². The van der Waals surface area contributed by atoms with Gasteiger partial charge in [0.1, 0.15) is 0 Å². The SMILES string of the molecule is N#Cc1cc(Cl)c(C(=O)Cl)c(Cl)c1. The van der Waals surface area contributed by atoms with Crippen LogP contribution in [-0.4, -0.2) is 5.24 Å². The van der Waals surface area contributed by atoms with Gasteiger partial charge in [-0.25, -0.2) is 0 Å². The van der Waals surface area contributed by atoms with E-state index in [9.17, 15) is 4.79 Å². The molecule has 1 aromatic carbocycles. The van der Waals surface area contributed by atoms with E-state index >= 15 is 0 Å². The van der Waals surface area contributed by atoms with Crippen LogP contribution in [0.1, 0.15) is 15.9 Å². The molecule has 0 spiro atoms. The molecule has 66 valence electrons. The number of carbonyl (C=O) groups is 1. The molecule has 0 aliphatic rings. The first-order valence-corrected chi connectivity index (χ1v) is 4.28. The van der Waals surface area contributed by atoms with Crippen LogP contribution in [0.2, 0.25) is 10.0 Å². The van der Waals surface area contributed by atoms with Gasteiger partial charge in [0.2, 0.25) is 0 Å². The smallest absolute Gasteiger partial charge is 0.255 e. The van der Waals surface area contributed by atoms with E-state index in [1.807, 2.05) is 6.07 Å². The predicted octanol–water partition coefficient (Wildman–Crippen LogP) is 3.24. The minimum absolute atomic E-state index is 0.0315. The van der Waals surface area contributed by atoms with Crippen molar-refractivity contribution >= 4 is 40.0 Å². The molecule has 0 bridgehead atoms. The summed E-state index contributed by atoms with van der Waals surface area (Å²) in [6, 6.07) is 4.52. The molecular weight excluding hydrogens is 232 g/mol. The molecule has 5 heteroatoms. The van der Waals surface area contributed by atoms with E-state index in [1.54, 1.807) is 0 Å². The van der Waals surface area contributed by atoms with Gasteiger partial charge in [-0.05, 0) is 23.7 Å². The first-order chi connectivity index (χ1) is 6.06. The zero-order valence-electron chi connectivity index (χ0n) is 6.14. The molecule has 0 unspecified atom stereocenters. The topological polar surface area (TPSA) is 40.9 Å². The molecule has 2 nitrogen and oxygen atoms in total. The Morgan fingerprint density at radius 3 is 2.08 bits per heavy atom. The van der Waals surface area contributed by atoms with Crippen LogP contribution in [0.25, 0.3) is 0 Å². The average Bonchev–Trinajstić information content (AvgIpc) is 2.02. The first kappa shape index (κ1) is 10.3. The van der Waals surface area contributed by atoms with Crippen molar-refractivity contribution in [1.29, 1.82) is 5.26 Å². The number of hydrogen-bond acceptors (Lipinski definition) is 2. The van der Waals surface area contributed by atoms with E-state index in [2.05, 4.69) is 0 Å². The van der Waals surface area contributed by atoms with Crippen molar-refractivity contribution < 1.29 is 4.79 Å². The third kappa shape index (κ3) is 2.13. The van der Waals surface area contributed by atoms with E-state index in [0.29, 0.717) is 0 Å². The third-order valence-electron chi connectivity index (χ3n) is 1.37. The summed E-state index contributed by atoms with van der Waals surface area (Å²) >= 11 is 16.6. The normalized spacial score (nSPS) is 9.38. The summed E-state index contributed by atoms with van der Waals surface area (Å²) in [5, 5.41) is 7.97. The Kier molecular flexibility index (Phi) is 3.16. The molecule has 0 aromatic heterocycles. The average molecular weight is 234 g/mol. The zero-order valence-corrected chi connectivity index (χ0v) is 8.41. The fraction of sp³-hybridized carbons (Fsp3) is 0. The maximum Gasteiger partial charge on any atom is 0.255 e. The highest BCUT2D eigenvalue weighted by atomic mass is 35.5. The van der Waals surface area contributed by atoms with Crippen molar-refractivity contribution in [3.63, 3.8) is 0 Å². The maximum atomic E-state index is 10.8. The van der Waals surface area contributed by atoms with Crippen LogP contribution in [0.15, 0.2) is 12.1 Å². The summed E-state index contributed by atoms with van der Waals surface area (Å²) in [6.45, 7) is 0. The second kappa shape index (κ2) is 3.97. The van der Waals surface area contributed by atoms with Gasteiger partial charge >= 0.3 is 0 Å². The van der Waals surface area contributed by atoms with Crippen LogP contribution in [0.3, 0.4) is 0 Å². The molecule has 0 amide bonds. The summed E-state index contributed by atoms with van der Waals surface area (Å²) in [5.41, 5.74) is 0.320. The highest BCUT2D eigenvalue weighted by molar-refractivity contribution is 6.69. The third-order valence-corrected chi connectivity index (χ3v) is 2.15. The van der Waals surface area contributed by atoms with Gasteiger partial charge in [-0.2, -0.15) is 5.26 Å². The number of halogens is 3. The van der Waals surface area contributed by atoms with E-state index in [0.717, 1.165) is 0 Å². The van der Waals surface area contributed by atoms with Crippen molar-refractivity contribution in [3.05, 3.63) is 33.3 Å². The Bertz CT molecular complexity index is 385. The summed E-state index contributed by atoms with van der Waals surface area (Å²) in [7, 11) is 0. The van der Waals surface area contributed by atoms with Gasteiger partial charge in [-0.1, -0.05) is 23.2 Å². The van der Waals surface area contributed by atoms with Gasteiger partial charge in [0.25, 0.3) is 5.24 Å². The van der Waals surface area contributed by atoms with Crippen molar-refractivity contribution in [1.82, 2.24) is 0 Å². The lowest BCUT2D eigenvalue weighted by atomic mass is 10.1. The molecule has 0 aliphatic carbocycles. The number of nitriles is 1. The second-order valence-electron chi connectivity index (χ2n) is 2.20. The second-order valence-corrected chi connectivity index (χ2v) is 3.36. The van der Waals surface area contributed by atoms with Crippen molar-refractivity contribution in [3.8, 4) is 6.07 Å². The predicted molar refractivity (Wildman–Crippen MR) is 51.4 cm³/mol. The van der Waals surface area contributed by atoms with Crippen LogP contribution < -0.4 is 0 Å².